The second kappa shape index (κ2) is 5.93. The molecule has 0 aliphatic heterocycles. The fourth-order valence-corrected chi connectivity index (χ4v) is 2.39. The number of H-pyrrole nitrogens is 1. The van der Waals surface area contributed by atoms with E-state index in [1.165, 1.54) is 0 Å². The van der Waals surface area contributed by atoms with Crippen LogP contribution in [0.15, 0.2) is 48.9 Å². The molecule has 1 aromatic carbocycles. The van der Waals surface area contributed by atoms with Crippen molar-refractivity contribution in [2.24, 2.45) is 0 Å². The summed E-state index contributed by atoms with van der Waals surface area (Å²) in [5.41, 5.74) is 3.38. The number of aliphatic hydroxyl groups is 1. The van der Waals surface area contributed by atoms with Crippen molar-refractivity contribution < 1.29 is 5.11 Å². The topological polar surface area (TPSA) is 66.7 Å². The van der Waals surface area contributed by atoms with Gasteiger partial charge in [0.05, 0.1) is 18.1 Å². The Bertz CT molecular complexity index is 702. The van der Waals surface area contributed by atoms with Gasteiger partial charge in [0.1, 0.15) is 6.10 Å². The Morgan fingerprint density at radius 3 is 2.81 bits per heavy atom. The van der Waals surface area contributed by atoms with E-state index in [2.05, 4.69) is 22.2 Å². The van der Waals surface area contributed by atoms with E-state index < -0.39 is 6.10 Å². The van der Waals surface area contributed by atoms with Crippen LogP contribution in [0, 0.1) is 0 Å². The third kappa shape index (κ3) is 2.73. The van der Waals surface area contributed by atoms with Gasteiger partial charge in [-0.2, -0.15) is 10.2 Å². The molecule has 2 aromatic heterocycles. The third-order valence-electron chi connectivity index (χ3n) is 3.45. The quantitative estimate of drug-likeness (QED) is 0.756. The smallest absolute Gasteiger partial charge is 0.111 e. The van der Waals surface area contributed by atoms with Gasteiger partial charge in [0, 0.05) is 23.9 Å². The van der Waals surface area contributed by atoms with Gasteiger partial charge in [-0.15, -0.1) is 0 Å². The molecular weight excluding hydrogens is 264 g/mol. The Morgan fingerprint density at radius 2 is 2.05 bits per heavy atom. The number of nitrogens with one attached hydrogen (secondary N) is 1. The molecule has 3 aromatic rings. The van der Waals surface area contributed by atoms with E-state index in [4.69, 9.17) is 0 Å². The third-order valence-corrected chi connectivity index (χ3v) is 3.45. The van der Waals surface area contributed by atoms with Crippen LogP contribution >= 0.6 is 0 Å². The van der Waals surface area contributed by atoms with Gasteiger partial charge in [-0.3, -0.25) is 9.78 Å². The van der Waals surface area contributed by atoms with Crippen LogP contribution in [0.2, 0.25) is 0 Å². The van der Waals surface area contributed by atoms with Crippen LogP contribution in [-0.4, -0.2) is 25.1 Å². The second-order valence-electron chi connectivity index (χ2n) is 5.01. The summed E-state index contributed by atoms with van der Waals surface area (Å²) >= 11 is 0. The molecule has 0 saturated carbocycles. The van der Waals surface area contributed by atoms with Crippen LogP contribution < -0.4 is 0 Å². The molecule has 0 fully saturated rings. The van der Waals surface area contributed by atoms with E-state index >= 15 is 0 Å². The largest absolute Gasteiger partial charge is 0.383 e. The van der Waals surface area contributed by atoms with E-state index in [9.17, 15) is 5.11 Å². The monoisotopic (exact) mass is 282 g/mol. The number of aromatic amines is 1. The molecule has 5 heteroatoms. The fraction of sp³-hybridized carbons (Fsp3) is 0.250. The maximum Gasteiger partial charge on any atom is 0.111 e. The zero-order valence-corrected chi connectivity index (χ0v) is 11.9. The summed E-state index contributed by atoms with van der Waals surface area (Å²) in [6.07, 6.45) is 5.55. The van der Waals surface area contributed by atoms with E-state index in [-0.39, 0.29) is 0 Å². The first-order chi connectivity index (χ1) is 10.3. The zero-order chi connectivity index (χ0) is 14.7. The minimum Gasteiger partial charge on any atom is -0.383 e. The number of nitrogens with zero attached hydrogens (tertiary/aromatic N) is 3. The molecule has 0 bridgehead atoms. The lowest BCUT2D eigenvalue weighted by molar-refractivity contribution is 0.221. The summed E-state index contributed by atoms with van der Waals surface area (Å²) < 4.78 is 1.85. The average molecular weight is 282 g/mol. The van der Waals surface area contributed by atoms with Gasteiger partial charge in [0.2, 0.25) is 0 Å². The Balaban J connectivity index is 1.91. The van der Waals surface area contributed by atoms with Crippen LogP contribution in [0.25, 0.3) is 11.3 Å². The predicted octanol–water partition coefficient (Wildman–Crippen LogP) is 2.76. The van der Waals surface area contributed by atoms with Gasteiger partial charge >= 0.3 is 0 Å². The van der Waals surface area contributed by atoms with E-state index in [0.29, 0.717) is 0 Å². The van der Waals surface area contributed by atoms with Gasteiger partial charge in [0.25, 0.3) is 0 Å². The molecule has 2 N–H and O–H groups in total. The molecule has 21 heavy (non-hydrogen) atoms. The highest BCUT2D eigenvalue weighted by atomic mass is 16.3. The number of hydrogen-bond acceptors (Lipinski definition) is 3. The molecule has 0 spiro atoms. The zero-order valence-electron chi connectivity index (χ0n) is 11.9. The number of benzene rings is 1. The van der Waals surface area contributed by atoms with Crippen LogP contribution in [-0.2, 0) is 6.54 Å². The van der Waals surface area contributed by atoms with E-state index in [1.807, 2.05) is 41.2 Å². The molecule has 5 nitrogen and oxygen atoms in total. The normalized spacial score (nSPS) is 12.5. The molecule has 0 saturated heterocycles. The minimum atomic E-state index is -0.732. The Kier molecular flexibility index (Phi) is 3.83. The second-order valence-corrected chi connectivity index (χ2v) is 5.01. The summed E-state index contributed by atoms with van der Waals surface area (Å²) in [5.74, 6) is 0. The highest BCUT2D eigenvalue weighted by molar-refractivity contribution is 5.63. The standard InChI is InChI=1S/C16H18N4O/c1-2-8-20-11-13(9-18-20)16(21)14-10-17-19-15(14)12-6-4-3-5-7-12/h3-7,9-11,16,21H,2,8H2,1H3,(H,17,19). The molecule has 0 amide bonds. The number of aromatic nitrogens is 4. The SMILES string of the molecule is CCCn1cc(C(O)c2cn[nH]c2-c2ccccc2)cn1. The maximum atomic E-state index is 10.6. The number of aliphatic hydroxyl groups excluding tert-OH is 1. The highest BCUT2D eigenvalue weighted by Gasteiger charge is 2.19. The van der Waals surface area contributed by atoms with Crippen LogP contribution in [0.5, 0.6) is 0 Å². The molecule has 0 aliphatic carbocycles. The van der Waals surface area contributed by atoms with Crippen molar-refractivity contribution in [1.82, 2.24) is 20.0 Å². The summed E-state index contributed by atoms with van der Waals surface area (Å²) in [5, 5.41) is 21.9. The molecule has 0 radical (unpaired) electrons. The minimum absolute atomic E-state index is 0.732. The van der Waals surface area contributed by atoms with Gasteiger partial charge in [0.15, 0.2) is 0 Å². The number of aryl methyl sites for hydroxylation is 1. The summed E-state index contributed by atoms with van der Waals surface area (Å²) in [6, 6.07) is 9.87. The van der Waals surface area contributed by atoms with Gasteiger partial charge in [-0.25, -0.2) is 0 Å². The summed E-state index contributed by atoms with van der Waals surface area (Å²) in [6.45, 7) is 2.95. The first-order valence-corrected chi connectivity index (χ1v) is 7.08. The molecule has 3 rings (SSSR count). The van der Waals surface area contributed by atoms with Crippen molar-refractivity contribution in [2.45, 2.75) is 26.0 Å². The molecule has 1 atom stereocenters. The Labute approximate surface area is 123 Å². The average Bonchev–Trinajstić information content (AvgIpc) is 3.17. The Morgan fingerprint density at radius 1 is 1.24 bits per heavy atom. The number of rotatable bonds is 5. The van der Waals surface area contributed by atoms with Crippen molar-refractivity contribution in [3.8, 4) is 11.3 Å². The van der Waals surface area contributed by atoms with Crippen molar-refractivity contribution in [2.75, 3.05) is 0 Å². The highest BCUT2D eigenvalue weighted by Crippen LogP contribution is 2.29. The fourth-order valence-electron chi connectivity index (χ4n) is 2.39. The van der Waals surface area contributed by atoms with Crippen molar-refractivity contribution in [3.63, 3.8) is 0 Å². The van der Waals surface area contributed by atoms with Crippen LogP contribution in [0.4, 0.5) is 0 Å². The van der Waals surface area contributed by atoms with Crippen LogP contribution in [0.3, 0.4) is 0 Å². The molecule has 2 heterocycles. The van der Waals surface area contributed by atoms with Gasteiger partial charge < -0.3 is 5.11 Å². The molecule has 108 valence electrons. The first kappa shape index (κ1) is 13.6. The Hall–Kier alpha value is -2.40. The summed E-state index contributed by atoms with van der Waals surface area (Å²) in [4.78, 5) is 0. The molecule has 0 aliphatic rings. The van der Waals surface area contributed by atoms with Crippen molar-refractivity contribution in [1.29, 1.82) is 0 Å². The van der Waals surface area contributed by atoms with Crippen molar-refractivity contribution >= 4 is 0 Å². The maximum absolute atomic E-state index is 10.6. The lowest BCUT2D eigenvalue weighted by atomic mass is 10.0. The number of hydrogen-bond donors (Lipinski definition) is 2. The van der Waals surface area contributed by atoms with E-state index in [1.54, 1.807) is 12.4 Å². The molecular formula is C16H18N4O. The van der Waals surface area contributed by atoms with Gasteiger partial charge in [-0.05, 0) is 12.0 Å². The van der Waals surface area contributed by atoms with Gasteiger partial charge in [-0.1, -0.05) is 37.3 Å². The lowest BCUT2D eigenvalue weighted by Gasteiger charge is -2.09. The van der Waals surface area contributed by atoms with Crippen LogP contribution in [0.1, 0.15) is 30.6 Å². The summed E-state index contributed by atoms with van der Waals surface area (Å²) in [7, 11) is 0. The van der Waals surface area contributed by atoms with Crippen molar-refractivity contribution in [3.05, 3.63) is 60.0 Å². The lowest BCUT2D eigenvalue weighted by Crippen LogP contribution is -2.00. The van der Waals surface area contributed by atoms with E-state index in [0.717, 1.165) is 35.3 Å². The predicted molar refractivity (Wildman–Crippen MR) is 80.6 cm³/mol. The first-order valence-electron chi connectivity index (χ1n) is 7.08. The molecule has 1 unspecified atom stereocenters.